The van der Waals surface area contributed by atoms with E-state index in [1.807, 2.05) is 30.3 Å². The first-order valence-electron chi connectivity index (χ1n) is 8.67. The quantitative estimate of drug-likeness (QED) is 0.620. The molecule has 0 aliphatic carbocycles. The summed E-state index contributed by atoms with van der Waals surface area (Å²) < 4.78 is 10.5. The third kappa shape index (κ3) is 2.88. The van der Waals surface area contributed by atoms with Crippen LogP contribution >= 0.6 is 0 Å². The van der Waals surface area contributed by atoms with Crippen LogP contribution in [0.4, 0.5) is 5.69 Å². The summed E-state index contributed by atoms with van der Waals surface area (Å²) in [7, 11) is 1.46. The Hall–Kier alpha value is -3.68. The van der Waals surface area contributed by atoms with Crippen molar-refractivity contribution in [3.05, 3.63) is 60.2 Å². The van der Waals surface area contributed by atoms with Gasteiger partial charge in [0.25, 0.3) is 5.91 Å². The van der Waals surface area contributed by atoms with E-state index in [0.29, 0.717) is 11.4 Å². The first-order valence-corrected chi connectivity index (χ1v) is 8.67. The van der Waals surface area contributed by atoms with Gasteiger partial charge in [-0.3, -0.25) is 15.0 Å². The van der Waals surface area contributed by atoms with Crippen LogP contribution in [-0.4, -0.2) is 36.6 Å². The number of nitrogens with one attached hydrogen (secondary N) is 1. The third-order valence-corrected chi connectivity index (χ3v) is 4.67. The maximum Gasteiger partial charge on any atom is 0.355 e. The van der Waals surface area contributed by atoms with Crippen LogP contribution < -0.4 is 15.1 Å². The summed E-state index contributed by atoms with van der Waals surface area (Å²) in [5.41, 5.74) is 3.63. The van der Waals surface area contributed by atoms with Crippen LogP contribution in [0.3, 0.4) is 0 Å². The molecule has 1 N–H and O–H groups in total. The number of amides is 2. The minimum atomic E-state index is -1.03. The number of nitrogens with zero attached hydrogens (tertiary/aromatic N) is 2. The van der Waals surface area contributed by atoms with Crippen LogP contribution in [0, 0.1) is 5.92 Å². The number of anilines is 1. The predicted octanol–water partition coefficient (Wildman–Crippen LogP) is 1.26. The molecular weight excluding hydrogens is 362 g/mol. The predicted molar refractivity (Wildman–Crippen MR) is 99.6 cm³/mol. The standard InChI is InChI=1S/C20H17N3O5/c1-27-14-10-6-5-9-13(14)23-18(24)15-16(19(23)25)21-22-17(15)20(26)28-11-12-7-3-2-4-8-12/h2-10,15-16,21H,11H2,1H3. The van der Waals surface area contributed by atoms with Crippen molar-refractivity contribution in [2.24, 2.45) is 11.0 Å². The summed E-state index contributed by atoms with van der Waals surface area (Å²) in [6, 6.07) is 14.9. The Morgan fingerprint density at radius 3 is 2.54 bits per heavy atom. The highest BCUT2D eigenvalue weighted by Crippen LogP contribution is 2.35. The second-order valence-electron chi connectivity index (χ2n) is 6.33. The van der Waals surface area contributed by atoms with E-state index in [0.717, 1.165) is 10.5 Å². The number of benzene rings is 2. The zero-order valence-electron chi connectivity index (χ0n) is 15.0. The first-order chi connectivity index (χ1) is 13.6. The Balaban J connectivity index is 1.54. The van der Waals surface area contributed by atoms with Crippen molar-refractivity contribution in [1.82, 2.24) is 5.43 Å². The highest BCUT2D eigenvalue weighted by atomic mass is 16.5. The van der Waals surface area contributed by atoms with Crippen molar-refractivity contribution in [2.75, 3.05) is 12.0 Å². The molecule has 4 rings (SSSR count). The van der Waals surface area contributed by atoms with Gasteiger partial charge in [-0.25, -0.2) is 9.69 Å². The molecule has 0 aromatic heterocycles. The maximum absolute atomic E-state index is 13.0. The highest BCUT2D eigenvalue weighted by molar-refractivity contribution is 6.46. The summed E-state index contributed by atoms with van der Waals surface area (Å²) in [5, 5.41) is 3.90. The molecule has 2 aromatic carbocycles. The molecule has 0 bridgehead atoms. The van der Waals surface area contributed by atoms with Crippen molar-refractivity contribution < 1.29 is 23.9 Å². The molecular formula is C20H17N3O5. The SMILES string of the molecule is COc1ccccc1N1C(=O)C2NN=C(C(=O)OCc3ccccc3)C2C1=O. The van der Waals surface area contributed by atoms with Gasteiger partial charge in [0.05, 0.1) is 12.8 Å². The minimum Gasteiger partial charge on any atom is -0.495 e. The molecule has 1 fully saturated rings. The van der Waals surface area contributed by atoms with Crippen LogP contribution in [0.2, 0.25) is 0 Å². The summed E-state index contributed by atoms with van der Waals surface area (Å²) in [6.45, 7) is 0.0500. The lowest BCUT2D eigenvalue weighted by Crippen LogP contribution is -2.36. The van der Waals surface area contributed by atoms with Gasteiger partial charge in [0.2, 0.25) is 5.91 Å². The van der Waals surface area contributed by atoms with Crippen molar-refractivity contribution in [3.63, 3.8) is 0 Å². The molecule has 0 spiro atoms. The topological polar surface area (TPSA) is 97.3 Å². The number of rotatable bonds is 5. The lowest BCUT2D eigenvalue weighted by molar-refractivity contribution is -0.137. The minimum absolute atomic E-state index is 0.0500. The number of methoxy groups -OCH3 is 1. The smallest absolute Gasteiger partial charge is 0.355 e. The van der Waals surface area contributed by atoms with Gasteiger partial charge in [-0.2, -0.15) is 5.10 Å². The van der Waals surface area contributed by atoms with E-state index >= 15 is 0 Å². The molecule has 2 atom stereocenters. The molecule has 0 saturated carbocycles. The van der Waals surface area contributed by atoms with Crippen LogP contribution in [-0.2, 0) is 25.7 Å². The number of esters is 1. The average molecular weight is 379 g/mol. The molecule has 2 heterocycles. The van der Waals surface area contributed by atoms with Crippen molar-refractivity contribution in [2.45, 2.75) is 12.6 Å². The Bertz CT molecular complexity index is 973. The Morgan fingerprint density at radius 1 is 1.07 bits per heavy atom. The molecule has 2 aromatic rings. The second-order valence-corrected chi connectivity index (χ2v) is 6.33. The van der Waals surface area contributed by atoms with Gasteiger partial charge in [0, 0.05) is 0 Å². The zero-order valence-corrected chi connectivity index (χ0v) is 15.0. The number of carbonyl (C=O) groups is 3. The van der Waals surface area contributed by atoms with Crippen molar-refractivity contribution >= 4 is 29.2 Å². The first kappa shape index (κ1) is 17.7. The summed E-state index contributed by atoms with van der Waals surface area (Å²) >= 11 is 0. The van der Waals surface area contributed by atoms with E-state index in [2.05, 4.69) is 10.5 Å². The molecule has 8 nitrogen and oxygen atoms in total. The Kier molecular flexibility index (Phi) is 4.52. The molecule has 8 heteroatoms. The van der Waals surface area contributed by atoms with Gasteiger partial charge in [-0.15, -0.1) is 0 Å². The monoisotopic (exact) mass is 379 g/mol. The largest absolute Gasteiger partial charge is 0.495 e. The Morgan fingerprint density at radius 2 is 1.79 bits per heavy atom. The molecule has 142 valence electrons. The maximum atomic E-state index is 13.0. The fourth-order valence-corrected chi connectivity index (χ4v) is 3.31. The van der Waals surface area contributed by atoms with Gasteiger partial charge in [0.1, 0.15) is 24.3 Å². The fourth-order valence-electron chi connectivity index (χ4n) is 3.31. The molecule has 2 amide bonds. The van der Waals surface area contributed by atoms with E-state index in [-0.39, 0.29) is 12.3 Å². The number of imide groups is 1. The highest BCUT2D eigenvalue weighted by Gasteiger charge is 2.56. The van der Waals surface area contributed by atoms with E-state index < -0.39 is 29.7 Å². The molecule has 2 aliphatic rings. The number of fused-ring (bicyclic) bond motifs is 1. The van der Waals surface area contributed by atoms with E-state index in [1.165, 1.54) is 7.11 Å². The van der Waals surface area contributed by atoms with Crippen LogP contribution in [0.1, 0.15) is 5.56 Å². The van der Waals surface area contributed by atoms with Crippen molar-refractivity contribution in [1.29, 1.82) is 0 Å². The summed E-state index contributed by atoms with van der Waals surface area (Å²) in [6.07, 6.45) is 0. The molecule has 2 unspecified atom stereocenters. The number of hydrazone groups is 1. The average Bonchev–Trinajstić information content (AvgIpc) is 3.27. The summed E-state index contributed by atoms with van der Waals surface area (Å²) in [4.78, 5) is 39.3. The van der Waals surface area contributed by atoms with Crippen molar-refractivity contribution in [3.8, 4) is 5.75 Å². The van der Waals surface area contributed by atoms with E-state index in [1.54, 1.807) is 24.3 Å². The number of hydrogen-bond donors (Lipinski definition) is 1. The van der Waals surface area contributed by atoms with Gasteiger partial charge in [0.15, 0.2) is 5.71 Å². The molecule has 28 heavy (non-hydrogen) atoms. The fraction of sp³-hybridized carbons (Fsp3) is 0.200. The third-order valence-electron chi connectivity index (χ3n) is 4.67. The number of carbonyl (C=O) groups excluding carboxylic acids is 3. The van der Waals surface area contributed by atoms with Gasteiger partial charge in [-0.05, 0) is 17.7 Å². The second kappa shape index (κ2) is 7.15. The van der Waals surface area contributed by atoms with E-state index in [9.17, 15) is 14.4 Å². The van der Waals surface area contributed by atoms with E-state index in [4.69, 9.17) is 9.47 Å². The number of para-hydroxylation sites is 2. The molecule has 1 saturated heterocycles. The Labute approximate surface area is 160 Å². The summed E-state index contributed by atoms with van der Waals surface area (Å²) in [5.74, 6) is -2.41. The van der Waals surface area contributed by atoms with Gasteiger partial charge >= 0.3 is 5.97 Å². The van der Waals surface area contributed by atoms with Gasteiger partial charge < -0.3 is 9.47 Å². The van der Waals surface area contributed by atoms with Crippen LogP contribution in [0.15, 0.2) is 59.7 Å². The lowest BCUT2D eigenvalue weighted by atomic mass is 9.99. The van der Waals surface area contributed by atoms with Crippen LogP contribution in [0.5, 0.6) is 5.75 Å². The number of ether oxygens (including phenoxy) is 2. The zero-order chi connectivity index (χ0) is 19.7. The molecule has 0 radical (unpaired) electrons. The van der Waals surface area contributed by atoms with Gasteiger partial charge in [-0.1, -0.05) is 42.5 Å². The lowest BCUT2D eigenvalue weighted by Gasteiger charge is -2.18. The normalized spacial score (nSPS) is 20.5. The van der Waals surface area contributed by atoms with Crippen LogP contribution in [0.25, 0.3) is 0 Å². The molecule has 2 aliphatic heterocycles. The number of hydrogen-bond acceptors (Lipinski definition) is 7.